The second-order valence-corrected chi connectivity index (χ2v) is 9.82. The molecule has 0 spiro atoms. The highest BCUT2D eigenvalue weighted by molar-refractivity contribution is 6.25. The Balaban J connectivity index is 1.49. The summed E-state index contributed by atoms with van der Waals surface area (Å²) in [6, 6.07) is 50.7. The first kappa shape index (κ1) is 20.3. The molecule has 1 heteroatoms. The van der Waals surface area contributed by atoms with Gasteiger partial charge in [0, 0.05) is 17.1 Å². The zero-order chi connectivity index (χ0) is 24.3. The van der Waals surface area contributed by atoms with E-state index in [-0.39, 0.29) is 0 Å². The highest BCUT2D eigenvalue weighted by atomic mass is 15.1. The summed E-state index contributed by atoms with van der Waals surface area (Å²) in [4.78, 5) is 2.36. The van der Waals surface area contributed by atoms with Crippen molar-refractivity contribution in [3.05, 3.63) is 140 Å². The Labute approximate surface area is 215 Å². The lowest BCUT2D eigenvalue weighted by Crippen LogP contribution is -2.09. The van der Waals surface area contributed by atoms with Crippen LogP contribution in [-0.2, 0) is 0 Å². The zero-order valence-electron chi connectivity index (χ0n) is 20.2. The molecule has 0 atom stereocenters. The van der Waals surface area contributed by atoms with Gasteiger partial charge in [-0.15, -0.1) is 0 Å². The van der Waals surface area contributed by atoms with Crippen LogP contribution in [0.3, 0.4) is 0 Å². The summed E-state index contributed by atoms with van der Waals surface area (Å²) < 4.78 is 0. The standard InChI is InChI=1S/C36H23N/c1-3-14-28(15-4-1)37(29-16-5-2-6-17-29)30-20-27-19-26-13-9-10-18-31(26)36-33-22-25-12-8-7-11-24(25)21-32(33)34(23-30)35(27)36/h1-23H. The van der Waals surface area contributed by atoms with Crippen molar-refractivity contribution in [2.45, 2.75) is 0 Å². The van der Waals surface area contributed by atoms with Crippen LogP contribution in [0.2, 0.25) is 0 Å². The topological polar surface area (TPSA) is 3.24 Å². The van der Waals surface area contributed by atoms with E-state index in [1.54, 1.807) is 0 Å². The lowest BCUT2D eigenvalue weighted by molar-refractivity contribution is 1.29. The van der Waals surface area contributed by atoms with Crippen LogP contribution < -0.4 is 4.90 Å². The van der Waals surface area contributed by atoms with Crippen molar-refractivity contribution in [3.8, 4) is 22.3 Å². The Morgan fingerprint density at radius 2 is 0.919 bits per heavy atom. The van der Waals surface area contributed by atoms with E-state index in [1.165, 1.54) is 60.3 Å². The summed E-state index contributed by atoms with van der Waals surface area (Å²) in [7, 11) is 0. The summed E-state index contributed by atoms with van der Waals surface area (Å²) in [5, 5.41) is 7.79. The van der Waals surface area contributed by atoms with Gasteiger partial charge in [0.25, 0.3) is 0 Å². The number of fused-ring (bicyclic) bond motifs is 6. The molecule has 0 amide bonds. The van der Waals surface area contributed by atoms with E-state index in [1.807, 2.05) is 0 Å². The molecule has 0 radical (unpaired) electrons. The molecule has 8 rings (SSSR count). The van der Waals surface area contributed by atoms with Crippen LogP contribution in [0, 0.1) is 0 Å². The Bertz CT molecular complexity index is 1930. The number of rotatable bonds is 3. The minimum absolute atomic E-state index is 1.15. The van der Waals surface area contributed by atoms with Crippen LogP contribution in [0.25, 0.3) is 54.6 Å². The van der Waals surface area contributed by atoms with E-state index in [0.717, 1.165) is 11.4 Å². The molecule has 1 aliphatic rings. The van der Waals surface area contributed by atoms with Crippen LogP contribution in [0.1, 0.15) is 0 Å². The normalized spacial score (nSPS) is 11.8. The average molecular weight is 470 g/mol. The predicted molar refractivity (Wildman–Crippen MR) is 158 cm³/mol. The number of hydrogen-bond acceptors (Lipinski definition) is 1. The number of hydrogen-bond donors (Lipinski definition) is 0. The first-order chi connectivity index (χ1) is 18.3. The summed E-state index contributed by atoms with van der Waals surface area (Å²) in [6.07, 6.45) is 0. The monoisotopic (exact) mass is 469 g/mol. The van der Waals surface area contributed by atoms with Gasteiger partial charge in [0.15, 0.2) is 0 Å². The molecule has 7 aromatic rings. The molecule has 0 heterocycles. The largest absolute Gasteiger partial charge is 0.310 e. The molecule has 0 unspecified atom stereocenters. The third kappa shape index (κ3) is 3.04. The van der Waals surface area contributed by atoms with E-state index >= 15 is 0 Å². The Hall–Kier alpha value is -4.88. The van der Waals surface area contributed by atoms with E-state index < -0.39 is 0 Å². The molecular formula is C36H23N. The number of anilines is 3. The van der Waals surface area contributed by atoms with Crippen molar-refractivity contribution < 1.29 is 0 Å². The molecule has 0 saturated heterocycles. The van der Waals surface area contributed by atoms with Crippen molar-refractivity contribution in [3.63, 3.8) is 0 Å². The highest BCUT2D eigenvalue weighted by Gasteiger charge is 2.26. The van der Waals surface area contributed by atoms with Gasteiger partial charge in [0.05, 0.1) is 0 Å². The summed E-state index contributed by atoms with van der Waals surface area (Å²) >= 11 is 0. The minimum atomic E-state index is 1.15. The maximum absolute atomic E-state index is 2.39. The molecule has 7 aromatic carbocycles. The second-order valence-electron chi connectivity index (χ2n) is 9.82. The van der Waals surface area contributed by atoms with Crippen molar-refractivity contribution in [1.29, 1.82) is 0 Å². The molecular weight excluding hydrogens is 446 g/mol. The fourth-order valence-corrected chi connectivity index (χ4v) is 6.09. The lowest BCUT2D eigenvalue weighted by Gasteiger charge is -2.26. The molecule has 37 heavy (non-hydrogen) atoms. The number of benzene rings is 7. The van der Waals surface area contributed by atoms with Gasteiger partial charge in [-0.05, 0) is 109 Å². The van der Waals surface area contributed by atoms with Crippen molar-refractivity contribution in [2.75, 3.05) is 4.90 Å². The smallest absolute Gasteiger partial charge is 0.0474 e. The fraction of sp³-hybridized carbons (Fsp3) is 0. The first-order valence-corrected chi connectivity index (χ1v) is 12.8. The van der Waals surface area contributed by atoms with E-state index in [9.17, 15) is 0 Å². The SMILES string of the molecule is c1ccc(N(c2ccccc2)c2cc3c4c(c5ccccc5cc4c2)-c2cc4ccccc4cc2-3)cc1. The van der Waals surface area contributed by atoms with Crippen LogP contribution >= 0.6 is 0 Å². The van der Waals surface area contributed by atoms with Gasteiger partial charge in [-0.1, -0.05) is 84.9 Å². The molecule has 0 bridgehead atoms. The molecule has 0 fully saturated rings. The van der Waals surface area contributed by atoms with Crippen LogP contribution in [0.4, 0.5) is 17.1 Å². The molecule has 1 nitrogen and oxygen atoms in total. The van der Waals surface area contributed by atoms with Gasteiger partial charge < -0.3 is 4.90 Å². The van der Waals surface area contributed by atoms with Gasteiger partial charge in [-0.3, -0.25) is 0 Å². The average Bonchev–Trinajstić information content (AvgIpc) is 3.27. The Morgan fingerprint density at radius 1 is 0.351 bits per heavy atom. The van der Waals surface area contributed by atoms with Gasteiger partial charge in [-0.2, -0.15) is 0 Å². The van der Waals surface area contributed by atoms with Crippen molar-refractivity contribution in [2.24, 2.45) is 0 Å². The highest BCUT2D eigenvalue weighted by Crippen LogP contribution is 2.53. The van der Waals surface area contributed by atoms with Crippen LogP contribution in [0.15, 0.2) is 140 Å². The molecule has 0 N–H and O–H groups in total. The molecule has 0 saturated carbocycles. The number of para-hydroxylation sites is 2. The first-order valence-electron chi connectivity index (χ1n) is 12.8. The quantitative estimate of drug-likeness (QED) is 0.233. The zero-order valence-corrected chi connectivity index (χ0v) is 20.2. The van der Waals surface area contributed by atoms with Gasteiger partial charge in [-0.25, -0.2) is 0 Å². The lowest BCUT2D eigenvalue weighted by atomic mass is 9.94. The van der Waals surface area contributed by atoms with E-state index in [2.05, 4.69) is 144 Å². The number of nitrogens with zero attached hydrogens (tertiary/aromatic N) is 1. The molecule has 0 aliphatic heterocycles. The van der Waals surface area contributed by atoms with Gasteiger partial charge >= 0.3 is 0 Å². The molecule has 0 aromatic heterocycles. The van der Waals surface area contributed by atoms with Gasteiger partial charge in [0.2, 0.25) is 0 Å². The van der Waals surface area contributed by atoms with Crippen LogP contribution in [0.5, 0.6) is 0 Å². The van der Waals surface area contributed by atoms with Crippen molar-refractivity contribution >= 4 is 49.4 Å². The third-order valence-corrected chi connectivity index (χ3v) is 7.68. The fourth-order valence-electron chi connectivity index (χ4n) is 6.09. The maximum Gasteiger partial charge on any atom is 0.0474 e. The molecule has 1 aliphatic carbocycles. The summed E-state index contributed by atoms with van der Waals surface area (Å²) in [5.74, 6) is 0. The maximum atomic E-state index is 2.39. The Kier molecular flexibility index (Phi) is 4.29. The minimum Gasteiger partial charge on any atom is -0.310 e. The van der Waals surface area contributed by atoms with Crippen LogP contribution in [-0.4, -0.2) is 0 Å². The third-order valence-electron chi connectivity index (χ3n) is 7.68. The predicted octanol–water partition coefficient (Wildman–Crippen LogP) is 10.3. The molecule has 172 valence electrons. The Morgan fingerprint density at radius 3 is 1.59 bits per heavy atom. The van der Waals surface area contributed by atoms with Gasteiger partial charge in [0.1, 0.15) is 0 Å². The summed E-state index contributed by atoms with van der Waals surface area (Å²) in [6.45, 7) is 0. The van der Waals surface area contributed by atoms with E-state index in [4.69, 9.17) is 0 Å². The van der Waals surface area contributed by atoms with E-state index in [0.29, 0.717) is 0 Å². The van der Waals surface area contributed by atoms with Crippen molar-refractivity contribution in [1.82, 2.24) is 0 Å². The summed E-state index contributed by atoms with van der Waals surface area (Å²) in [5.41, 5.74) is 8.79. The second kappa shape index (κ2) is 7.81.